The van der Waals surface area contributed by atoms with Crippen LogP contribution in [0.2, 0.25) is 5.04 Å². The molecule has 17 heteroatoms. The van der Waals surface area contributed by atoms with Crippen LogP contribution < -0.4 is 21.8 Å². The van der Waals surface area contributed by atoms with Crippen molar-refractivity contribution in [3.8, 4) is 0 Å². The Hall–Kier alpha value is -4.34. The van der Waals surface area contributed by atoms with Crippen LogP contribution in [-0.4, -0.2) is 109 Å². The van der Waals surface area contributed by atoms with Gasteiger partial charge in [0.25, 0.3) is 8.32 Å². The monoisotopic (exact) mass is 837 g/mol. The van der Waals surface area contributed by atoms with Crippen molar-refractivity contribution >= 4 is 30.9 Å². The van der Waals surface area contributed by atoms with Crippen LogP contribution in [-0.2, 0) is 13.9 Å². The van der Waals surface area contributed by atoms with Crippen molar-refractivity contribution in [3.63, 3.8) is 0 Å². The SMILES string of the molecule is CC[C@@H](O)[C@@]1(C)OC(=O)N(CCCCN=[N+]=[N-])[C@@H]1[C@@H](C)N.CC[C@@H](O[Si](c1ccccc1)(c1ccccc1)C(C)(C)C)[C@@]1(C)OC(=O)N(CCCCN=[N+]=[N-])[C@@H]1[C@@H](C)N. The fourth-order valence-electron chi connectivity index (χ4n) is 8.99. The summed E-state index contributed by atoms with van der Waals surface area (Å²) in [5.74, 6) is 0. The average Bonchev–Trinajstić information content (AvgIpc) is 3.62. The second kappa shape index (κ2) is 21.8. The highest BCUT2D eigenvalue weighted by Crippen LogP contribution is 2.43. The maximum Gasteiger partial charge on any atom is 0.410 e. The van der Waals surface area contributed by atoms with Gasteiger partial charge in [-0.25, -0.2) is 9.59 Å². The summed E-state index contributed by atoms with van der Waals surface area (Å²) in [4.78, 5) is 34.2. The largest absolute Gasteiger partial charge is 0.438 e. The molecule has 2 aliphatic rings. The Bertz CT molecular complexity index is 1700. The normalized spacial score (nSPS) is 23.8. The van der Waals surface area contributed by atoms with Gasteiger partial charge in [-0.15, -0.1) is 0 Å². The van der Waals surface area contributed by atoms with E-state index in [4.69, 9.17) is 36.4 Å². The minimum absolute atomic E-state index is 0.215. The predicted octanol–water partition coefficient (Wildman–Crippen LogP) is 7.13. The molecule has 59 heavy (non-hydrogen) atoms. The Morgan fingerprint density at radius 1 is 0.780 bits per heavy atom. The number of carbonyl (C=O) groups is 2. The first-order chi connectivity index (χ1) is 27.9. The molecule has 2 amide bonds. The van der Waals surface area contributed by atoms with Crippen LogP contribution in [0.15, 0.2) is 70.9 Å². The quantitative estimate of drug-likeness (QED) is 0.0406. The fraction of sp³-hybridized carbons (Fsp3) is 0.667. The molecule has 0 aromatic heterocycles. The van der Waals surface area contributed by atoms with Gasteiger partial charge in [-0.2, -0.15) is 0 Å². The highest BCUT2D eigenvalue weighted by atomic mass is 28.4. The highest BCUT2D eigenvalue weighted by Gasteiger charge is 2.60. The van der Waals surface area contributed by atoms with E-state index in [0.29, 0.717) is 64.7 Å². The van der Waals surface area contributed by atoms with Gasteiger partial charge in [0.05, 0.1) is 24.3 Å². The minimum Gasteiger partial charge on any atom is -0.438 e. The molecule has 0 saturated carbocycles. The zero-order chi connectivity index (χ0) is 44.0. The molecule has 4 rings (SSSR count). The average molecular weight is 837 g/mol. The second-order valence-corrected chi connectivity index (χ2v) is 21.3. The zero-order valence-electron chi connectivity index (χ0n) is 36.5. The summed E-state index contributed by atoms with van der Waals surface area (Å²) in [6.07, 6.45) is 1.93. The number of nitrogens with two attached hydrogens (primary N) is 2. The molecule has 5 N–H and O–H groups in total. The van der Waals surface area contributed by atoms with Gasteiger partial charge in [-0.3, -0.25) is 9.80 Å². The lowest BCUT2D eigenvalue weighted by atomic mass is 9.85. The van der Waals surface area contributed by atoms with Crippen LogP contribution in [0.25, 0.3) is 20.9 Å². The Balaban J connectivity index is 0.000000375. The summed E-state index contributed by atoms with van der Waals surface area (Å²) in [5.41, 5.74) is 27.4. The number of cyclic esters (lactones) is 2. The molecule has 0 aliphatic carbocycles. The standard InChI is InChI=1S/C29H43N5O3Si.C13H25N5O3/c1-7-25(29(6)26(22(2)30)34(27(35)36-29)21-15-14-20-32-33-31)37-38(28(3,4)5,23-16-10-8-11-17-23)24-18-12-9-13-19-24;1-4-10(19)13(3)11(9(2)14)18(12(20)21-13)8-6-5-7-16-17-15/h8-13,16-19,22,25-26H,7,14-15,20-21,30H2,1-6H3;9-11,19H,4-8,14H2,1-3H3/t22-,25-,26-,29-;9-,10-,11-,13-/m11/s1. The number of nitrogens with zero attached hydrogens (tertiary/aromatic N) is 8. The van der Waals surface area contributed by atoms with Crippen LogP contribution in [0.5, 0.6) is 0 Å². The van der Waals surface area contributed by atoms with E-state index in [9.17, 15) is 14.7 Å². The van der Waals surface area contributed by atoms with Gasteiger partial charge in [0.1, 0.15) is 0 Å². The summed E-state index contributed by atoms with van der Waals surface area (Å²) in [5, 5.41) is 19.4. The first kappa shape index (κ1) is 49.0. The Labute approximate surface area is 351 Å². The molecule has 326 valence electrons. The van der Waals surface area contributed by atoms with Gasteiger partial charge >= 0.3 is 12.2 Å². The number of hydrogen-bond donors (Lipinski definition) is 3. The third kappa shape index (κ3) is 11.1. The van der Waals surface area contributed by atoms with Crippen molar-refractivity contribution in [3.05, 3.63) is 81.5 Å². The maximum absolute atomic E-state index is 13.3. The molecule has 0 bridgehead atoms. The molecule has 2 heterocycles. The number of unbranched alkanes of at least 4 members (excludes halogenated alkanes) is 2. The van der Waals surface area contributed by atoms with Gasteiger partial charge in [0.15, 0.2) is 11.2 Å². The summed E-state index contributed by atoms with van der Waals surface area (Å²) in [6.45, 7) is 19.8. The third-order valence-corrected chi connectivity index (χ3v) is 16.7. The van der Waals surface area contributed by atoms with Crippen LogP contribution in [0.3, 0.4) is 0 Å². The number of aliphatic hydroxyl groups is 1. The third-order valence-electron chi connectivity index (χ3n) is 11.7. The molecule has 16 nitrogen and oxygen atoms in total. The second-order valence-electron chi connectivity index (χ2n) is 17.0. The maximum atomic E-state index is 13.3. The van der Waals surface area contributed by atoms with E-state index < -0.39 is 31.7 Å². The zero-order valence-corrected chi connectivity index (χ0v) is 37.5. The van der Waals surface area contributed by atoms with E-state index in [0.717, 1.165) is 0 Å². The van der Waals surface area contributed by atoms with Crippen LogP contribution in [0.4, 0.5) is 9.59 Å². The predicted molar refractivity (Wildman–Crippen MR) is 234 cm³/mol. The molecule has 2 aromatic rings. The van der Waals surface area contributed by atoms with Gasteiger partial charge < -0.3 is 30.5 Å². The number of rotatable bonds is 20. The summed E-state index contributed by atoms with van der Waals surface area (Å²) in [7, 11) is -2.89. The number of azide groups is 2. The van der Waals surface area contributed by atoms with E-state index in [-0.39, 0.29) is 41.4 Å². The topological polar surface area (TPSA) is 238 Å². The molecule has 8 atom stereocenters. The minimum atomic E-state index is -2.89. The number of carbonyl (C=O) groups excluding carboxylic acids is 2. The van der Waals surface area contributed by atoms with E-state index in [1.807, 2.05) is 32.9 Å². The van der Waals surface area contributed by atoms with Gasteiger partial charge in [0.2, 0.25) is 0 Å². The summed E-state index contributed by atoms with van der Waals surface area (Å²) < 4.78 is 19.1. The number of hydrogen-bond acceptors (Lipinski definition) is 10. The van der Waals surface area contributed by atoms with Crippen molar-refractivity contribution in [1.82, 2.24) is 9.80 Å². The van der Waals surface area contributed by atoms with E-state index in [2.05, 4.69) is 96.3 Å². The van der Waals surface area contributed by atoms with E-state index in [1.54, 1.807) is 23.6 Å². The first-order valence-corrected chi connectivity index (χ1v) is 22.8. The van der Waals surface area contributed by atoms with E-state index in [1.165, 1.54) is 10.4 Å². The molecular formula is C42H68N10O6Si. The lowest BCUT2D eigenvalue weighted by molar-refractivity contribution is -0.0645. The Kier molecular flexibility index (Phi) is 18.1. The smallest absolute Gasteiger partial charge is 0.410 e. The highest BCUT2D eigenvalue weighted by molar-refractivity contribution is 6.99. The van der Waals surface area contributed by atoms with E-state index >= 15 is 0 Å². The van der Waals surface area contributed by atoms with Crippen molar-refractivity contribution in [1.29, 1.82) is 0 Å². The van der Waals surface area contributed by atoms with Crippen molar-refractivity contribution in [2.24, 2.45) is 21.7 Å². The van der Waals surface area contributed by atoms with Crippen molar-refractivity contribution in [2.75, 3.05) is 26.2 Å². The Morgan fingerprint density at radius 2 is 1.19 bits per heavy atom. The van der Waals surface area contributed by atoms with Gasteiger partial charge in [0, 0.05) is 48.1 Å². The molecule has 0 spiro atoms. The van der Waals surface area contributed by atoms with Gasteiger partial charge in [-0.05, 0) is 92.7 Å². The molecule has 0 radical (unpaired) electrons. The van der Waals surface area contributed by atoms with Gasteiger partial charge in [-0.1, -0.05) is 106 Å². The number of amides is 2. The summed E-state index contributed by atoms with van der Waals surface area (Å²) in [6, 6.07) is 19.6. The lowest BCUT2D eigenvalue weighted by Crippen LogP contribution is -2.70. The van der Waals surface area contributed by atoms with Crippen molar-refractivity contribution < 1.29 is 28.6 Å². The van der Waals surface area contributed by atoms with Crippen molar-refractivity contribution in [2.45, 2.75) is 153 Å². The number of ether oxygens (including phenoxy) is 2. The molecule has 2 aromatic carbocycles. The summed E-state index contributed by atoms with van der Waals surface area (Å²) >= 11 is 0. The molecule has 2 saturated heterocycles. The first-order valence-electron chi connectivity index (χ1n) is 20.9. The molecule has 0 unspecified atom stereocenters. The fourth-order valence-corrected chi connectivity index (χ4v) is 13.8. The molecular weight excluding hydrogens is 769 g/mol. The Morgan fingerprint density at radius 3 is 1.54 bits per heavy atom. The number of benzene rings is 2. The van der Waals surface area contributed by atoms with Crippen LogP contribution >= 0.6 is 0 Å². The van der Waals surface area contributed by atoms with Crippen LogP contribution in [0, 0.1) is 0 Å². The lowest BCUT2D eigenvalue weighted by Gasteiger charge is -2.49. The molecule has 2 fully saturated rings. The van der Waals surface area contributed by atoms with Crippen LogP contribution in [0.1, 0.15) is 101 Å². The number of aliphatic hydroxyl groups excluding tert-OH is 1. The molecule has 2 aliphatic heterocycles.